The molecule has 0 spiro atoms. The molecule has 0 bridgehead atoms. The van der Waals surface area contributed by atoms with Crippen LogP contribution in [-0.4, -0.2) is 45.6 Å². The zero-order chi connectivity index (χ0) is 18.7. The normalized spacial score (nSPS) is 14.5. The molecule has 0 unspecified atom stereocenters. The maximum absolute atomic E-state index is 13.0. The van der Waals surface area contributed by atoms with Crippen molar-refractivity contribution < 1.29 is 13.2 Å². The van der Waals surface area contributed by atoms with E-state index in [0.29, 0.717) is 11.3 Å². The number of hydrogen-bond donors (Lipinski definition) is 0. The first kappa shape index (κ1) is 18.8. The molecule has 3 rings (SSSR count). The first-order valence-electron chi connectivity index (χ1n) is 8.46. The van der Waals surface area contributed by atoms with Gasteiger partial charge in [0.05, 0.1) is 16.1 Å². The molecule has 1 aliphatic rings. The van der Waals surface area contributed by atoms with Crippen LogP contribution < -0.4 is 4.31 Å². The van der Waals surface area contributed by atoms with Gasteiger partial charge in [-0.15, -0.1) is 11.8 Å². The number of carbonyl (C=O) groups is 1. The van der Waals surface area contributed by atoms with Crippen LogP contribution in [0.15, 0.2) is 58.3 Å². The Balaban J connectivity index is 2.00. The highest BCUT2D eigenvalue weighted by Gasteiger charge is 2.26. The van der Waals surface area contributed by atoms with Gasteiger partial charge in [0.1, 0.15) is 0 Å². The van der Waals surface area contributed by atoms with E-state index in [1.165, 1.54) is 29.2 Å². The number of thioether (sulfide) groups is 1. The van der Waals surface area contributed by atoms with Crippen molar-refractivity contribution >= 4 is 33.4 Å². The highest BCUT2D eigenvalue weighted by Crippen LogP contribution is 2.28. The largest absolute Gasteiger partial charge is 0.339 e. The first-order chi connectivity index (χ1) is 12.4. The van der Waals surface area contributed by atoms with Gasteiger partial charge in [-0.3, -0.25) is 9.10 Å². The van der Waals surface area contributed by atoms with E-state index in [1.54, 1.807) is 41.3 Å². The topological polar surface area (TPSA) is 57.7 Å². The minimum Gasteiger partial charge on any atom is -0.339 e. The quantitative estimate of drug-likeness (QED) is 0.734. The molecule has 0 aliphatic carbocycles. The van der Waals surface area contributed by atoms with E-state index in [-0.39, 0.29) is 10.8 Å². The van der Waals surface area contributed by atoms with Crippen molar-refractivity contribution in [1.29, 1.82) is 0 Å². The summed E-state index contributed by atoms with van der Waals surface area (Å²) in [5, 5.41) is 0. The fourth-order valence-corrected chi connectivity index (χ4v) is 4.83. The Labute approximate surface area is 159 Å². The number of amides is 1. The SMILES string of the molecule is CSc1ccc(S(=O)(=O)N(C)c2ccccc2)cc1C(=O)N1CCCC1. The predicted octanol–water partition coefficient (Wildman–Crippen LogP) is 3.47. The predicted molar refractivity (Wildman–Crippen MR) is 105 cm³/mol. The standard InChI is InChI=1S/C19H22N2O3S2/c1-20(15-8-4-3-5-9-15)26(23,24)16-10-11-18(25-2)17(14-16)19(22)21-12-6-7-13-21/h3-5,8-11,14H,6-7,12-13H2,1-2H3. The zero-order valence-electron chi connectivity index (χ0n) is 14.9. The van der Waals surface area contributed by atoms with Crippen molar-refractivity contribution in [1.82, 2.24) is 4.90 Å². The summed E-state index contributed by atoms with van der Waals surface area (Å²) in [6, 6.07) is 13.7. The van der Waals surface area contributed by atoms with Gasteiger partial charge in [0.15, 0.2) is 0 Å². The van der Waals surface area contributed by atoms with Crippen molar-refractivity contribution in [3.05, 3.63) is 54.1 Å². The lowest BCUT2D eigenvalue weighted by molar-refractivity contribution is 0.0789. The van der Waals surface area contributed by atoms with E-state index in [2.05, 4.69) is 0 Å². The smallest absolute Gasteiger partial charge is 0.264 e. The molecule has 0 N–H and O–H groups in total. The second-order valence-corrected chi connectivity index (χ2v) is 8.99. The van der Waals surface area contributed by atoms with Crippen molar-refractivity contribution in [3.8, 4) is 0 Å². The highest BCUT2D eigenvalue weighted by atomic mass is 32.2. The molecule has 1 aliphatic heterocycles. The van der Waals surface area contributed by atoms with E-state index < -0.39 is 10.0 Å². The van der Waals surface area contributed by atoms with Crippen molar-refractivity contribution in [2.45, 2.75) is 22.6 Å². The molecular weight excluding hydrogens is 368 g/mol. The minimum atomic E-state index is -3.74. The number of para-hydroxylation sites is 1. The Bertz CT molecular complexity index is 892. The molecule has 7 heteroatoms. The molecule has 0 radical (unpaired) electrons. The van der Waals surface area contributed by atoms with Crippen LogP contribution >= 0.6 is 11.8 Å². The second-order valence-electron chi connectivity index (χ2n) is 6.17. The van der Waals surface area contributed by atoms with Gasteiger partial charge in [0, 0.05) is 25.0 Å². The monoisotopic (exact) mass is 390 g/mol. The third kappa shape index (κ3) is 3.59. The van der Waals surface area contributed by atoms with Gasteiger partial charge in [-0.25, -0.2) is 8.42 Å². The number of hydrogen-bond acceptors (Lipinski definition) is 4. The molecule has 1 fully saturated rings. The Morgan fingerprint density at radius 1 is 1.08 bits per heavy atom. The number of carbonyl (C=O) groups excluding carboxylic acids is 1. The van der Waals surface area contributed by atoms with Crippen LogP contribution in [0.2, 0.25) is 0 Å². The van der Waals surface area contributed by atoms with Crippen molar-refractivity contribution in [2.24, 2.45) is 0 Å². The van der Waals surface area contributed by atoms with Gasteiger partial charge < -0.3 is 4.90 Å². The van der Waals surface area contributed by atoms with Gasteiger partial charge in [-0.1, -0.05) is 18.2 Å². The summed E-state index contributed by atoms with van der Waals surface area (Å²) in [7, 11) is -2.22. The fourth-order valence-electron chi connectivity index (χ4n) is 3.04. The Hall–Kier alpha value is -1.99. The van der Waals surface area contributed by atoms with Gasteiger partial charge >= 0.3 is 0 Å². The fraction of sp³-hybridized carbons (Fsp3) is 0.316. The summed E-state index contributed by atoms with van der Waals surface area (Å²) < 4.78 is 27.3. The molecule has 0 aromatic heterocycles. The molecule has 1 amide bonds. The molecule has 2 aromatic carbocycles. The first-order valence-corrected chi connectivity index (χ1v) is 11.1. The van der Waals surface area contributed by atoms with Crippen molar-refractivity contribution in [3.63, 3.8) is 0 Å². The van der Waals surface area contributed by atoms with Crippen molar-refractivity contribution in [2.75, 3.05) is 30.7 Å². The van der Waals surface area contributed by atoms with Gasteiger partial charge in [0.25, 0.3) is 15.9 Å². The molecule has 1 heterocycles. The number of sulfonamides is 1. The average Bonchev–Trinajstić information content (AvgIpc) is 3.21. The molecular formula is C19H22N2O3S2. The van der Waals surface area contributed by atoms with Crippen LogP contribution in [0, 0.1) is 0 Å². The van der Waals surface area contributed by atoms with Gasteiger partial charge in [0.2, 0.25) is 0 Å². The molecule has 1 saturated heterocycles. The molecule has 26 heavy (non-hydrogen) atoms. The lowest BCUT2D eigenvalue weighted by Crippen LogP contribution is -2.29. The zero-order valence-corrected chi connectivity index (χ0v) is 16.5. The molecule has 0 atom stereocenters. The van der Waals surface area contributed by atoms with Crippen LogP contribution in [0.25, 0.3) is 0 Å². The number of nitrogens with zero attached hydrogens (tertiary/aromatic N) is 2. The molecule has 5 nitrogen and oxygen atoms in total. The third-order valence-electron chi connectivity index (χ3n) is 4.57. The van der Waals surface area contributed by atoms with Crippen LogP contribution in [0.5, 0.6) is 0 Å². The van der Waals surface area contributed by atoms with Crippen LogP contribution in [0.3, 0.4) is 0 Å². The third-order valence-corrected chi connectivity index (χ3v) is 7.15. The Morgan fingerprint density at radius 3 is 2.35 bits per heavy atom. The number of likely N-dealkylation sites (tertiary alicyclic amines) is 1. The number of anilines is 1. The Morgan fingerprint density at radius 2 is 1.73 bits per heavy atom. The summed E-state index contributed by atoms with van der Waals surface area (Å²) in [6.07, 6.45) is 3.88. The maximum Gasteiger partial charge on any atom is 0.264 e. The summed E-state index contributed by atoms with van der Waals surface area (Å²) >= 11 is 1.45. The molecule has 0 saturated carbocycles. The minimum absolute atomic E-state index is 0.0914. The van der Waals surface area contributed by atoms with E-state index in [9.17, 15) is 13.2 Å². The summed E-state index contributed by atoms with van der Waals surface area (Å²) in [5.41, 5.74) is 1.04. The lowest BCUT2D eigenvalue weighted by atomic mass is 10.2. The lowest BCUT2D eigenvalue weighted by Gasteiger charge is -2.21. The maximum atomic E-state index is 13.0. The van der Waals surface area contributed by atoms with Gasteiger partial charge in [-0.05, 0) is 49.4 Å². The van der Waals surface area contributed by atoms with E-state index in [4.69, 9.17) is 0 Å². The van der Waals surface area contributed by atoms with Crippen LogP contribution in [0.1, 0.15) is 23.2 Å². The number of rotatable bonds is 5. The molecule has 138 valence electrons. The number of benzene rings is 2. The summed E-state index contributed by atoms with van der Waals surface area (Å²) in [6.45, 7) is 1.46. The van der Waals surface area contributed by atoms with Crippen LogP contribution in [-0.2, 0) is 10.0 Å². The summed E-state index contributed by atoms with van der Waals surface area (Å²) in [4.78, 5) is 15.6. The van der Waals surface area contributed by atoms with Crippen LogP contribution in [0.4, 0.5) is 5.69 Å². The second kappa shape index (κ2) is 7.72. The van der Waals surface area contributed by atoms with E-state index in [1.807, 2.05) is 12.3 Å². The average molecular weight is 391 g/mol. The van der Waals surface area contributed by atoms with Gasteiger partial charge in [-0.2, -0.15) is 0 Å². The van der Waals surface area contributed by atoms with E-state index >= 15 is 0 Å². The molecule has 2 aromatic rings. The summed E-state index contributed by atoms with van der Waals surface area (Å²) in [5.74, 6) is -0.0914. The van der Waals surface area contributed by atoms with E-state index in [0.717, 1.165) is 30.8 Å². The highest BCUT2D eigenvalue weighted by molar-refractivity contribution is 7.98. The Kier molecular flexibility index (Phi) is 5.58.